The van der Waals surface area contributed by atoms with Gasteiger partial charge in [0, 0.05) is 17.1 Å². The number of rotatable bonds is 8. The maximum atomic E-state index is 12.2. The topological polar surface area (TPSA) is 59.8 Å². The summed E-state index contributed by atoms with van der Waals surface area (Å²) in [5.74, 6) is 0.675. The lowest BCUT2D eigenvalue weighted by Gasteiger charge is -2.13. The summed E-state index contributed by atoms with van der Waals surface area (Å²) < 4.78 is 2.03. The minimum absolute atomic E-state index is 0.0628. The second-order valence-corrected chi connectivity index (χ2v) is 7.92. The number of hydrogen-bond donors (Lipinski definition) is 1. The summed E-state index contributed by atoms with van der Waals surface area (Å²) in [7, 11) is 0. The van der Waals surface area contributed by atoms with E-state index in [0.29, 0.717) is 23.3 Å². The summed E-state index contributed by atoms with van der Waals surface area (Å²) in [5.41, 5.74) is 2.05. The van der Waals surface area contributed by atoms with E-state index in [4.69, 9.17) is 11.6 Å². The molecule has 0 aliphatic heterocycles. The van der Waals surface area contributed by atoms with Crippen LogP contribution in [0.4, 0.5) is 0 Å². The van der Waals surface area contributed by atoms with Crippen LogP contribution < -0.4 is 5.32 Å². The van der Waals surface area contributed by atoms with Crippen LogP contribution in [0.25, 0.3) is 11.4 Å². The second-order valence-electron chi connectivity index (χ2n) is 6.18. The van der Waals surface area contributed by atoms with Gasteiger partial charge in [-0.1, -0.05) is 59.8 Å². The highest BCUT2D eigenvalue weighted by Gasteiger charge is 2.20. The Labute approximate surface area is 173 Å². The zero-order valence-electron chi connectivity index (χ0n) is 15.5. The van der Waals surface area contributed by atoms with Crippen LogP contribution in [-0.2, 0) is 11.3 Å². The van der Waals surface area contributed by atoms with E-state index in [-0.39, 0.29) is 11.2 Å². The fraction of sp³-hybridized carbons (Fsp3) is 0.190. The van der Waals surface area contributed by atoms with Gasteiger partial charge in [-0.2, -0.15) is 0 Å². The van der Waals surface area contributed by atoms with Crippen LogP contribution in [0.15, 0.2) is 72.4 Å². The SMILES string of the molecule is C=CCNC(=O)[C@@H](C)Sc1nnc(-c2ccc(Cl)cc2)n1Cc1ccccc1. The molecular formula is C21H21ClN4OS. The third-order valence-electron chi connectivity index (χ3n) is 4.07. The third kappa shape index (κ3) is 5.03. The molecule has 0 saturated heterocycles. The average Bonchev–Trinajstić information content (AvgIpc) is 3.09. The molecule has 0 aliphatic rings. The number of carbonyl (C=O) groups excluding carboxylic acids is 1. The van der Waals surface area contributed by atoms with Crippen LogP contribution in [-0.4, -0.2) is 32.5 Å². The van der Waals surface area contributed by atoms with E-state index in [0.717, 1.165) is 17.0 Å². The van der Waals surface area contributed by atoms with Crippen molar-refractivity contribution < 1.29 is 4.79 Å². The lowest BCUT2D eigenvalue weighted by Crippen LogP contribution is -2.31. The van der Waals surface area contributed by atoms with Crippen molar-refractivity contribution in [1.82, 2.24) is 20.1 Å². The van der Waals surface area contributed by atoms with Gasteiger partial charge >= 0.3 is 0 Å². The highest BCUT2D eigenvalue weighted by molar-refractivity contribution is 8.00. The molecule has 1 heterocycles. The Kier molecular flexibility index (Phi) is 6.90. The van der Waals surface area contributed by atoms with Crippen molar-refractivity contribution >= 4 is 29.3 Å². The molecule has 28 heavy (non-hydrogen) atoms. The van der Waals surface area contributed by atoms with E-state index in [9.17, 15) is 4.79 Å². The van der Waals surface area contributed by atoms with Gasteiger partial charge < -0.3 is 5.32 Å². The molecule has 1 amide bonds. The Bertz CT molecular complexity index is 941. The van der Waals surface area contributed by atoms with Crippen molar-refractivity contribution in [2.75, 3.05) is 6.54 Å². The van der Waals surface area contributed by atoms with Gasteiger partial charge in [0.1, 0.15) is 0 Å². The molecule has 144 valence electrons. The number of amides is 1. The van der Waals surface area contributed by atoms with Crippen LogP contribution >= 0.6 is 23.4 Å². The predicted octanol–water partition coefficient (Wildman–Crippen LogP) is 4.43. The van der Waals surface area contributed by atoms with E-state index in [2.05, 4.69) is 34.2 Å². The van der Waals surface area contributed by atoms with Gasteiger partial charge in [0.15, 0.2) is 11.0 Å². The summed E-state index contributed by atoms with van der Waals surface area (Å²) in [5, 5.41) is 12.6. The number of thioether (sulfide) groups is 1. The third-order valence-corrected chi connectivity index (χ3v) is 5.41. The molecule has 3 rings (SSSR count). The monoisotopic (exact) mass is 412 g/mol. The van der Waals surface area contributed by atoms with Gasteiger partial charge in [-0.05, 0) is 36.8 Å². The van der Waals surface area contributed by atoms with Crippen molar-refractivity contribution in [3.8, 4) is 11.4 Å². The first-order chi connectivity index (χ1) is 13.6. The lowest BCUT2D eigenvalue weighted by atomic mass is 10.2. The van der Waals surface area contributed by atoms with Crippen molar-refractivity contribution in [2.45, 2.75) is 23.9 Å². The molecule has 3 aromatic rings. The molecule has 1 aromatic heterocycles. The van der Waals surface area contributed by atoms with Crippen LogP contribution in [0.3, 0.4) is 0 Å². The standard InChI is InChI=1S/C21H21ClN4OS/c1-3-13-23-20(27)15(2)28-21-25-24-19(17-9-11-18(22)12-10-17)26(21)14-16-7-5-4-6-8-16/h3-12,15H,1,13-14H2,2H3,(H,23,27)/t15-/m1/s1. The Balaban J connectivity index is 1.92. The van der Waals surface area contributed by atoms with Crippen molar-refractivity contribution in [2.24, 2.45) is 0 Å². The summed E-state index contributed by atoms with van der Waals surface area (Å²) in [6.07, 6.45) is 1.66. The smallest absolute Gasteiger partial charge is 0.233 e. The van der Waals surface area contributed by atoms with E-state index >= 15 is 0 Å². The minimum atomic E-state index is -0.309. The number of hydrogen-bond acceptors (Lipinski definition) is 4. The summed E-state index contributed by atoms with van der Waals surface area (Å²) in [6, 6.07) is 17.6. The van der Waals surface area contributed by atoms with Gasteiger partial charge in [-0.15, -0.1) is 16.8 Å². The van der Waals surface area contributed by atoms with Crippen LogP contribution in [0.2, 0.25) is 5.02 Å². The van der Waals surface area contributed by atoms with Gasteiger partial charge in [-0.25, -0.2) is 0 Å². The molecule has 7 heteroatoms. The Morgan fingerprint density at radius 2 is 1.93 bits per heavy atom. The molecule has 2 aromatic carbocycles. The lowest BCUT2D eigenvalue weighted by molar-refractivity contribution is -0.120. The quantitative estimate of drug-likeness (QED) is 0.439. The summed E-state index contributed by atoms with van der Waals surface area (Å²) in [4.78, 5) is 12.2. The van der Waals surface area contributed by atoms with Crippen LogP contribution in [0, 0.1) is 0 Å². The fourth-order valence-corrected chi connectivity index (χ4v) is 3.62. The number of aromatic nitrogens is 3. The predicted molar refractivity (Wildman–Crippen MR) is 115 cm³/mol. The van der Waals surface area contributed by atoms with Gasteiger partial charge in [0.05, 0.1) is 11.8 Å². The van der Waals surface area contributed by atoms with E-state index in [1.54, 1.807) is 6.08 Å². The molecule has 0 spiro atoms. The summed E-state index contributed by atoms with van der Waals surface area (Å²) >= 11 is 7.40. The molecule has 1 atom stereocenters. The first kappa shape index (κ1) is 20.2. The van der Waals surface area contributed by atoms with Crippen molar-refractivity contribution in [3.05, 3.63) is 77.8 Å². The van der Waals surface area contributed by atoms with Crippen molar-refractivity contribution in [1.29, 1.82) is 0 Å². The normalized spacial score (nSPS) is 11.8. The Morgan fingerprint density at radius 3 is 2.61 bits per heavy atom. The molecule has 0 saturated carbocycles. The molecule has 0 aliphatic carbocycles. The number of halogens is 1. The highest BCUT2D eigenvalue weighted by Crippen LogP contribution is 2.28. The first-order valence-electron chi connectivity index (χ1n) is 8.87. The van der Waals surface area contributed by atoms with E-state index in [1.165, 1.54) is 11.8 Å². The molecule has 5 nitrogen and oxygen atoms in total. The van der Waals surface area contributed by atoms with Crippen LogP contribution in [0.1, 0.15) is 12.5 Å². The number of nitrogens with zero attached hydrogens (tertiary/aromatic N) is 3. The second kappa shape index (κ2) is 9.57. The number of nitrogens with one attached hydrogen (secondary N) is 1. The number of carbonyl (C=O) groups is 1. The minimum Gasteiger partial charge on any atom is -0.352 e. The fourth-order valence-electron chi connectivity index (χ4n) is 2.63. The zero-order chi connectivity index (χ0) is 19.9. The number of benzene rings is 2. The maximum absolute atomic E-state index is 12.2. The molecule has 1 N–H and O–H groups in total. The molecule has 0 bridgehead atoms. The zero-order valence-corrected chi connectivity index (χ0v) is 17.1. The molecule has 0 unspecified atom stereocenters. The average molecular weight is 413 g/mol. The van der Waals surface area contributed by atoms with Crippen LogP contribution in [0.5, 0.6) is 0 Å². The van der Waals surface area contributed by atoms with Gasteiger partial charge in [0.25, 0.3) is 0 Å². The molecule has 0 radical (unpaired) electrons. The van der Waals surface area contributed by atoms with E-state index < -0.39 is 0 Å². The largest absolute Gasteiger partial charge is 0.352 e. The maximum Gasteiger partial charge on any atom is 0.233 e. The first-order valence-corrected chi connectivity index (χ1v) is 10.1. The summed E-state index contributed by atoms with van der Waals surface area (Å²) in [6.45, 7) is 6.52. The molecule has 0 fully saturated rings. The van der Waals surface area contributed by atoms with E-state index in [1.807, 2.05) is 54.0 Å². The molecular weight excluding hydrogens is 392 g/mol. The van der Waals surface area contributed by atoms with Gasteiger partial charge in [0.2, 0.25) is 5.91 Å². The van der Waals surface area contributed by atoms with Crippen molar-refractivity contribution in [3.63, 3.8) is 0 Å². The Morgan fingerprint density at radius 1 is 1.21 bits per heavy atom. The highest BCUT2D eigenvalue weighted by atomic mass is 35.5. The Hall–Kier alpha value is -2.57. The van der Waals surface area contributed by atoms with Gasteiger partial charge in [-0.3, -0.25) is 9.36 Å².